The molecular weight excluding hydrogens is 366 g/mol. The fourth-order valence-corrected chi connectivity index (χ4v) is 5.41. The van der Waals surface area contributed by atoms with Gasteiger partial charge in [0.25, 0.3) is 0 Å². The van der Waals surface area contributed by atoms with Crippen molar-refractivity contribution in [2.24, 2.45) is 0 Å². The Hall–Kier alpha value is -1.94. The highest BCUT2D eigenvalue weighted by molar-refractivity contribution is 7.89. The lowest BCUT2D eigenvalue weighted by atomic mass is 10.1. The summed E-state index contributed by atoms with van der Waals surface area (Å²) >= 11 is 1.32. The summed E-state index contributed by atoms with van der Waals surface area (Å²) in [6.45, 7) is -0.310. The fourth-order valence-electron chi connectivity index (χ4n) is 2.85. The smallest absolute Gasteiger partial charge is 0.322 e. The molecule has 1 aliphatic rings. The molecule has 134 valence electrons. The summed E-state index contributed by atoms with van der Waals surface area (Å²) in [5, 5.41) is 21.7. The molecule has 1 aliphatic heterocycles. The molecule has 0 saturated heterocycles. The number of ether oxygens (including phenoxy) is 1. The Kier molecular flexibility index (Phi) is 4.83. The van der Waals surface area contributed by atoms with Gasteiger partial charge in [0.05, 0.1) is 18.1 Å². The number of aliphatic carboxylic acids is 1. The molecule has 0 amide bonds. The third kappa shape index (κ3) is 3.28. The Morgan fingerprint density at radius 3 is 2.56 bits per heavy atom. The van der Waals surface area contributed by atoms with Gasteiger partial charge in [0.15, 0.2) is 0 Å². The number of aliphatic hydroxyl groups excluding tert-OH is 1. The number of sulfonamides is 1. The minimum atomic E-state index is -4.09. The highest BCUT2D eigenvalue weighted by Gasteiger charge is 2.40. The summed E-state index contributed by atoms with van der Waals surface area (Å²) in [6.07, 6.45) is -1.05. The molecule has 0 bridgehead atoms. The number of benzene rings is 1. The fraction of sp³-hybridized carbons (Fsp3) is 0.312. The highest BCUT2D eigenvalue weighted by Crippen LogP contribution is 2.33. The molecule has 0 aliphatic carbocycles. The Labute approximate surface area is 149 Å². The van der Waals surface area contributed by atoms with E-state index in [2.05, 4.69) is 0 Å². The van der Waals surface area contributed by atoms with Crippen LogP contribution in [0.25, 0.3) is 0 Å². The maximum atomic E-state index is 13.0. The summed E-state index contributed by atoms with van der Waals surface area (Å²) in [4.78, 5) is 12.4. The molecule has 1 aromatic heterocycles. The van der Waals surface area contributed by atoms with Gasteiger partial charge in [0.2, 0.25) is 10.0 Å². The minimum Gasteiger partial charge on any atom is -0.497 e. The van der Waals surface area contributed by atoms with Gasteiger partial charge < -0.3 is 14.9 Å². The number of fused-ring (bicyclic) bond motifs is 1. The van der Waals surface area contributed by atoms with Gasteiger partial charge in [0, 0.05) is 17.8 Å². The Balaban J connectivity index is 2.02. The van der Waals surface area contributed by atoms with Crippen molar-refractivity contribution in [2.45, 2.75) is 23.5 Å². The van der Waals surface area contributed by atoms with E-state index in [1.807, 2.05) is 0 Å². The van der Waals surface area contributed by atoms with Gasteiger partial charge in [-0.3, -0.25) is 4.79 Å². The molecule has 0 radical (unpaired) electrons. The average molecular weight is 383 g/mol. The highest BCUT2D eigenvalue weighted by atomic mass is 32.2. The Morgan fingerprint density at radius 1 is 1.28 bits per heavy atom. The van der Waals surface area contributed by atoms with Crippen LogP contribution in [0.3, 0.4) is 0 Å². The zero-order valence-corrected chi connectivity index (χ0v) is 15.0. The van der Waals surface area contributed by atoms with Crippen LogP contribution in [0, 0.1) is 0 Å². The van der Waals surface area contributed by atoms with E-state index >= 15 is 0 Å². The maximum Gasteiger partial charge on any atom is 0.322 e. The molecule has 2 atom stereocenters. The first-order valence-corrected chi connectivity index (χ1v) is 9.79. The number of aliphatic hydroxyl groups is 1. The lowest BCUT2D eigenvalue weighted by molar-refractivity contribution is -0.141. The van der Waals surface area contributed by atoms with E-state index in [1.165, 1.54) is 42.7 Å². The van der Waals surface area contributed by atoms with Crippen molar-refractivity contribution in [3.05, 3.63) is 46.2 Å². The van der Waals surface area contributed by atoms with Gasteiger partial charge in [-0.05, 0) is 41.3 Å². The lowest BCUT2D eigenvalue weighted by Gasteiger charge is -2.27. The molecular formula is C16H17NO6S2. The first kappa shape index (κ1) is 17.9. The molecule has 9 heteroatoms. The van der Waals surface area contributed by atoms with Crippen molar-refractivity contribution in [3.63, 3.8) is 0 Å². The number of rotatable bonds is 4. The minimum absolute atomic E-state index is 0.0226. The first-order chi connectivity index (χ1) is 11.8. The van der Waals surface area contributed by atoms with Crippen LogP contribution in [0.15, 0.2) is 40.6 Å². The molecule has 0 saturated carbocycles. The second-order valence-electron chi connectivity index (χ2n) is 5.62. The topological polar surface area (TPSA) is 104 Å². The predicted octanol–water partition coefficient (Wildman–Crippen LogP) is 1.49. The predicted molar refractivity (Wildman–Crippen MR) is 91.3 cm³/mol. The van der Waals surface area contributed by atoms with Gasteiger partial charge in [-0.25, -0.2) is 8.42 Å². The van der Waals surface area contributed by atoms with Crippen molar-refractivity contribution in [1.29, 1.82) is 0 Å². The second-order valence-corrected chi connectivity index (χ2v) is 8.51. The maximum absolute atomic E-state index is 13.0. The normalized spacial score (nSPS) is 21.4. The summed E-state index contributed by atoms with van der Waals surface area (Å²) in [6, 6.07) is 6.14. The van der Waals surface area contributed by atoms with Crippen molar-refractivity contribution >= 4 is 27.3 Å². The van der Waals surface area contributed by atoms with Crippen molar-refractivity contribution in [3.8, 4) is 5.75 Å². The summed E-state index contributed by atoms with van der Waals surface area (Å²) in [5.74, 6) is -0.752. The van der Waals surface area contributed by atoms with Crippen LogP contribution < -0.4 is 4.74 Å². The van der Waals surface area contributed by atoms with Crippen LogP contribution in [0.4, 0.5) is 0 Å². The monoisotopic (exact) mass is 383 g/mol. The summed E-state index contributed by atoms with van der Waals surface area (Å²) < 4.78 is 31.9. The van der Waals surface area contributed by atoms with E-state index in [0.717, 1.165) is 4.31 Å². The lowest BCUT2D eigenvalue weighted by Crippen LogP contribution is -2.46. The van der Waals surface area contributed by atoms with Crippen molar-refractivity contribution in [2.75, 3.05) is 13.7 Å². The zero-order valence-electron chi connectivity index (χ0n) is 13.3. The summed E-state index contributed by atoms with van der Waals surface area (Å²) in [7, 11) is -2.63. The van der Waals surface area contributed by atoms with Crippen LogP contribution in [0.5, 0.6) is 5.75 Å². The van der Waals surface area contributed by atoms with E-state index in [1.54, 1.807) is 11.4 Å². The van der Waals surface area contributed by atoms with Crippen LogP contribution >= 0.6 is 11.3 Å². The number of nitrogens with zero attached hydrogens (tertiary/aromatic N) is 1. The molecule has 0 unspecified atom stereocenters. The largest absolute Gasteiger partial charge is 0.497 e. The van der Waals surface area contributed by atoms with E-state index in [4.69, 9.17) is 4.74 Å². The summed E-state index contributed by atoms with van der Waals surface area (Å²) in [5.41, 5.74) is 0.587. The Bertz CT molecular complexity index is 874. The number of β-amino-alcohol motifs (C(OH)–C–C–N with tert-alkyl or cyclic N) is 1. The van der Waals surface area contributed by atoms with Crippen LogP contribution in [0.1, 0.15) is 16.5 Å². The van der Waals surface area contributed by atoms with Gasteiger partial charge in [-0.1, -0.05) is 0 Å². The van der Waals surface area contributed by atoms with Crippen LogP contribution in [-0.2, 0) is 21.2 Å². The standard InChI is InChI=1S/C16H17NO6S2/c1-23-10-2-4-11(5-3-10)25(21,22)17-9-14(18)12-6-7-24-15(12)8-13(17)16(19)20/h2-7,13-14,18H,8-9H2,1H3,(H,19,20)/t13-,14+/m1/s1. The van der Waals surface area contributed by atoms with E-state index in [0.29, 0.717) is 16.2 Å². The molecule has 3 rings (SSSR count). The van der Waals surface area contributed by atoms with E-state index in [9.17, 15) is 23.4 Å². The van der Waals surface area contributed by atoms with Crippen LogP contribution in [0.2, 0.25) is 0 Å². The SMILES string of the molecule is COc1ccc(S(=O)(=O)N2C[C@H](O)c3ccsc3C[C@@H]2C(=O)O)cc1. The zero-order chi connectivity index (χ0) is 18.2. The molecule has 1 aromatic carbocycles. The van der Waals surface area contributed by atoms with Crippen molar-refractivity contribution < 1.29 is 28.2 Å². The molecule has 2 N–H and O–H groups in total. The number of carboxylic acids is 1. The van der Waals surface area contributed by atoms with Crippen molar-refractivity contribution in [1.82, 2.24) is 4.31 Å². The molecule has 25 heavy (non-hydrogen) atoms. The third-order valence-electron chi connectivity index (χ3n) is 4.17. The average Bonchev–Trinajstić information content (AvgIpc) is 3.00. The molecule has 2 aromatic rings. The van der Waals surface area contributed by atoms with Gasteiger partial charge in [-0.15, -0.1) is 11.3 Å². The number of carboxylic acid groups (broad SMARTS) is 1. The van der Waals surface area contributed by atoms with Crippen LogP contribution in [-0.4, -0.2) is 48.6 Å². The second kappa shape index (κ2) is 6.75. The van der Waals surface area contributed by atoms with Gasteiger partial charge in [0.1, 0.15) is 11.8 Å². The molecule has 0 spiro atoms. The molecule has 7 nitrogen and oxygen atoms in total. The third-order valence-corrected chi connectivity index (χ3v) is 7.02. The molecule has 0 fully saturated rings. The number of thiophene rings is 1. The first-order valence-electron chi connectivity index (χ1n) is 7.47. The number of hydrogen-bond donors (Lipinski definition) is 2. The van der Waals surface area contributed by atoms with Gasteiger partial charge in [-0.2, -0.15) is 4.31 Å². The number of methoxy groups -OCH3 is 1. The molecule has 2 heterocycles. The van der Waals surface area contributed by atoms with E-state index in [-0.39, 0.29) is 17.9 Å². The quantitative estimate of drug-likeness (QED) is 0.829. The number of hydrogen-bond acceptors (Lipinski definition) is 6. The van der Waals surface area contributed by atoms with E-state index < -0.39 is 28.1 Å². The number of carbonyl (C=O) groups is 1. The Morgan fingerprint density at radius 2 is 1.96 bits per heavy atom. The van der Waals surface area contributed by atoms with Gasteiger partial charge >= 0.3 is 5.97 Å².